The Balaban J connectivity index is 2.22. The first-order valence-electron chi connectivity index (χ1n) is 5.56. The van der Waals surface area contributed by atoms with Gasteiger partial charge >= 0.3 is 0 Å². The van der Waals surface area contributed by atoms with Gasteiger partial charge in [-0.1, -0.05) is 5.16 Å². The quantitative estimate of drug-likeness (QED) is 0.292. The largest absolute Gasteiger partial charge is 0.409 e. The van der Waals surface area contributed by atoms with Gasteiger partial charge < -0.3 is 20.7 Å². The first-order valence-corrected chi connectivity index (χ1v) is 5.56. The topological polar surface area (TPSA) is 82.2 Å². The number of nitrogens with two attached hydrogens (primary N) is 1. The van der Waals surface area contributed by atoms with E-state index in [0.717, 1.165) is 19.6 Å². The molecule has 6 nitrogen and oxygen atoms in total. The van der Waals surface area contributed by atoms with Gasteiger partial charge in [-0.05, 0) is 25.9 Å². The Bertz CT molecular complexity index is 262. The summed E-state index contributed by atoms with van der Waals surface area (Å²) in [4.78, 5) is 15.5. The molecule has 0 aromatic rings. The summed E-state index contributed by atoms with van der Waals surface area (Å²) in [7, 11) is 1.74. The maximum Gasteiger partial charge on any atom is 0.230 e. The second-order valence-corrected chi connectivity index (χ2v) is 4.13. The minimum Gasteiger partial charge on any atom is -0.409 e. The van der Waals surface area contributed by atoms with E-state index in [9.17, 15) is 4.79 Å². The van der Waals surface area contributed by atoms with Gasteiger partial charge in [0.15, 0.2) is 0 Å². The van der Waals surface area contributed by atoms with Crippen LogP contribution in [0.1, 0.15) is 19.3 Å². The van der Waals surface area contributed by atoms with Crippen LogP contribution >= 0.6 is 0 Å². The third kappa shape index (κ3) is 4.06. The van der Waals surface area contributed by atoms with Crippen LogP contribution in [0.15, 0.2) is 5.16 Å². The molecule has 1 heterocycles. The van der Waals surface area contributed by atoms with Crippen LogP contribution in [0.3, 0.4) is 0 Å². The van der Waals surface area contributed by atoms with Crippen LogP contribution in [0.4, 0.5) is 0 Å². The predicted octanol–water partition coefficient (Wildman–Crippen LogP) is -0.323. The number of hydrogen-bond donors (Lipinski definition) is 2. The summed E-state index contributed by atoms with van der Waals surface area (Å²) < 4.78 is 0. The Morgan fingerprint density at radius 2 is 2.12 bits per heavy atom. The van der Waals surface area contributed by atoms with Gasteiger partial charge in [0.25, 0.3) is 0 Å². The molecule has 1 aliphatic rings. The molecule has 0 radical (unpaired) electrons. The van der Waals surface area contributed by atoms with Gasteiger partial charge in [0.1, 0.15) is 5.84 Å². The van der Waals surface area contributed by atoms with E-state index in [2.05, 4.69) is 10.1 Å². The molecule has 92 valence electrons. The smallest absolute Gasteiger partial charge is 0.230 e. The van der Waals surface area contributed by atoms with Gasteiger partial charge in [-0.2, -0.15) is 0 Å². The molecule has 0 spiro atoms. The minimum absolute atomic E-state index is 0.0208. The fourth-order valence-electron chi connectivity index (χ4n) is 1.75. The molecule has 1 saturated heterocycles. The SMILES string of the molecule is CN(CCN1CCCC1)C(=O)CC(N)=NO. The Labute approximate surface area is 95.7 Å². The summed E-state index contributed by atoms with van der Waals surface area (Å²) in [5.41, 5.74) is 5.27. The van der Waals surface area contributed by atoms with E-state index in [1.807, 2.05) is 0 Å². The lowest BCUT2D eigenvalue weighted by atomic mass is 10.3. The van der Waals surface area contributed by atoms with Gasteiger partial charge in [-0.25, -0.2) is 0 Å². The molecule has 1 fully saturated rings. The lowest BCUT2D eigenvalue weighted by Crippen LogP contribution is -2.36. The molecule has 0 aromatic carbocycles. The summed E-state index contributed by atoms with van der Waals surface area (Å²) in [6, 6.07) is 0. The van der Waals surface area contributed by atoms with E-state index in [0.29, 0.717) is 6.54 Å². The van der Waals surface area contributed by atoms with E-state index >= 15 is 0 Å². The van der Waals surface area contributed by atoms with Crippen molar-refractivity contribution in [3.8, 4) is 0 Å². The third-order valence-corrected chi connectivity index (χ3v) is 2.84. The molecular weight excluding hydrogens is 208 g/mol. The Hall–Kier alpha value is -1.30. The van der Waals surface area contributed by atoms with Gasteiger partial charge in [-0.3, -0.25) is 4.79 Å². The zero-order valence-electron chi connectivity index (χ0n) is 9.72. The van der Waals surface area contributed by atoms with Crippen molar-refractivity contribution in [1.82, 2.24) is 9.80 Å². The van der Waals surface area contributed by atoms with E-state index in [-0.39, 0.29) is 18.2 Å². The van der Waals surface area contributed by atoms with Crippen LogP contribution in [0.25, 0.3) is 0 Å². The molecule has 0 saturated carbocycles. The number of rotatable bonds is 5. The number of carbonyl (C=O) groups excluding carboxylic acids is 1. The Morgan fingerprint density at radius 1 is 1.50 bits per heavy atom. The summed E-state index contributed by atoms with van der Waals surface area (Å²) in [6.07, 6.45) is 2.48. The molecule has 0 aliphatic carbocycles. The molecule has 1 amide bonds. The number of nitrogens with zero attached hydrogens (tertiary/aromatic N) is 3. The Morgan fingerprint density at radius 3 is 2.69 bits per heavy atom. The van der Waals surface area contributed by atoms with Crippen LogP contribution in [0.2, 0.25) is 0 Å². The second kappa shape index (κ2) is 6.32. The predicted molar refractivity (Wildman–Crippen MR) is 61.3 cm³/mol. The maximum atomic E-state index is 11.6. The minimum atomic E-state index is -0.116. The number of amidine groups is 1. The van der Waals surface area contributed by atoms with E-state index in [1.54, 1.807) is 11.9 Å². The van der Waals surface area contributed by atoms with Crippen molar-refractivity contribution >= 4 is 11.7 Å². The van der Waals surface area contributed by atoms with Crippen molar-refractivity contribution in [2.75, 3.05) is 33.2 Å². The van der Waals surface area contributed by atoms with E-state index in [1.165, 1.54) is 12.8 Å². The first kappa shape index (κ1) is 12.8. The molecule has 16 heavy (non-hydrogen) atoms. The molecule has 0 aromatic heterocycles. The van der Waals surface area contributed by atoms with Gasteiger partial charge in [-0.15, -0.1) is 0 Å². The zero-order valence-corrected chi connectivity index (χ0v) is 9.72. The van der Waals surface area contributed by atoms with Crippen molar-refractivity contribution in [3.05, 3.63) is 0 Å². The van der Waals surface area contributed by atoms with Gasteiger partial charge in [0.2, 0.25) is 5.91 Å². The van der Waals surface area contributed by atoms with Crippen LogP contribution in [0.5, 0.6) is 0 Å². The molecular formula is C10H20N4O2. The number of hydrogen-bond acceptors (Lipinski definition) is 4. The van der Waals surface area contributed by atoms with Crippen molar-refractivity contribution in [3.63, 3.8) is 0 Å². The third-order valence-electron chi connectivity index (χ3n) is 2.84. The average molecular weight is 228 g/mol. The van der Waals surface area contributed by atoms with Crippen LogP contribution in [0, 0.1) is 0 Å². The van der Waals surface area contributed by atoms with Gasteiger partial charge in [0.05, 0.1) is 6.42 Å². The van der Waals surface area contributed by atoms with E-state index < -0.39 is 0 Å². The maximum absolute atomic E-state index is 11.6. The molecule has 1 rings (SSSR count). The summed E-state index contributed by atoms with van der Waals surface area (Å²) >= 11 is 0. The second-order valence-electron chi connectivity index (χ2n) is 4.13. The summed E-state index contributed by atoms with van der Waals surface area (Å²) in [5, 5.41) is 11.1. The van der Waals surface area contributed by atoms with Crippen LogP contribution in [-0.4, -0.2) is 60.0 Å². The Kier molecular flexibility index (Phi) is 5.04. The molecule has 0 unspecified atom stereocenters. The number of oxime groups is 1. The highest BCUT2D eigenvalue weighted by Gasteiger charge is 2.15. The van der Waals surface area contributed by atoms with Crippen molar-refractivity contribution in [2.24, 2.45) is 10.9 Å². The number of likely N-dealkylation sites (N-methyl/N-ethyl adjacent to an activating group) is 1. The highest BCUT2D eigenvalue weighted by Crippen LogP contribution is 2.06. The summed E-state index contributed by atoms with van der Waals surface area (Å²) in [5.74, 6) is -0.160. The number of carbonyl (C=O) groups is 1. The van der Waals surface area contributed by atoms with Crippen molar-refractivity contribution < 1.29 is 10.0 Å². The standard InChI is InChI=1S/C10H20N4O2/c1-13(10(15)8-9(11)12-16)6-7-14-4-2-3-5-14/h16H,2-8H2,1H3,(H2,11,12). The van der Waals surface area contributed by atoms with E-state index in [4.69, 9.17) is 10.9 Å². The number of amides is 1. The highest BCUT2D eigenvalue weighted by molar-refractivity contribution is 5.98. The van der Waals surface area contributed by atoms with Crippen LogP contribution in [-0.2, 0) is 4.79 Å². The van der Waals surface area contributed by atoms with Crippen molar-refractivity contribution in [2.45, 2.75) is 19.3 Å². The van der Waals surface area contributed by atoms with Crippen molar-refractivity contribution in [1.29, 1.82) is 0 Å². The summed E-state index contributed by atoms with van der Waals surface area (Å²) in [6.45, 7) is 3.85. The molecule has 0 bridgehead atoms. The fourth-order valence-corrected chi connectivity index (χ4v) is 1.75. The lowest BCUT2D eigenvalue weighted by Gasteiger charge is -2.21. The fraction of sp³-hybridized carbons (Fsp3) is 0.800. The monoisotopic (exact) mass is 228 g/mol. The number of likely N-dealkylation sites (tertiary alicyclic amines) is 1. The highest BCUT2D eigenvalue weighted by atomic mass is 16.4. The lowest BCUT2D eigenvalue weighted by molar-refractivity contribution is -0.128. The van der Waals surface area contributed by atoms with Crippen LogP contribution < -0.4 is 5.73 Å². The van der Waals surface area contributed by atoms with Gasteiger partial charge in [0, 0.05) is 20.1 Å². The molecule has 0 atom stereocenters. The molecule has 6 heteroatoms. The zero-order chi connectivity index (χ0) is 12.0. The molecule has 1 aliphatic heterocycles. The average Bonchev–Trinajstić information content (AvgIpc) is 2.78. The first-order chi connectivity index (χ1) is 7.63. The molecule has 3 N–H and O–H groups in total. The normalized spacial score (nSPS) is 17.7.